The normalized spacial score (nSPS) is 23.2. The second-order valence-electron chi connectivity index (χ2n) is 15.6. The van der Waals surface area contributed by atoms with Crippen molar-refractivity contribution >= 4 is 64.3 Å². The number of ether oxygens (including phenoxy) is 2. The Balaban J connectivity index is 0.000000812. The van der Waals surface area contributed by atoms with E-state index in [1.807, 2.05) is 6.92 Å². The van der Waals surface area contributed by atoms with Gasteiger partial charge < -0.3 is 33.4 Å². The van der Waals surface area contributed by atoms with E-state index < -0.39 is 48.0 Å². The van der Waals surface area contributed by atoms with Crippen molar-refractivity contribution in [1.82, 2.24) is 14.2 Å². The van der Waals surface area contributed by atoms with Crippen LogP contribution in [0.3, 0.4) is 0 Å². The summed E-state index contributed by atoms with van der Waals surface area (Å²) in [6, 6.07) is -0.471. The van der Waals surface area contributed by atoms with Crippen molar-refractivity contribution in [3.05, 3.63) is 59.5 Å². The number of esters is 1. The minimum Gasteiger partial charge on any atom is -0.741 e. The first-order chi connectivity index (χ1) is 26.3. The highest BCUT2D eigenvalue weighted by Gasteiger charge is 2.60. The number of likely N-dealkylation sites (tertiary alicyclic amines) is 1. The number of thioether (sulfide) groups is 1. The number of alkyl halides is 3. The fraction of sp³-hybridized carbons (Fsp3) is 0.611. The molecule has 57 heavy (non-hydrogen) atoms. The lowest BCUT2D eigenvalue weighted by molar-refractivity contribution is -0.696. The van der Waals surface area contributed by atoms with Crippen LogP contribution in [0.25, 0.3) is 4.83 Å². The van der Waals surface area contributed by atoms with Gasteiger partial charge in [0.05, 0.1) is 24.7 Å². The van der Waals surface area contributed by atoms with Gasteiger partial charge in [0.15, 0.2) is 18.4 Å². The Kier molecular flexibility index (Phi) is 14.6. The maximum absolute atomic E-state index is 13.3. The van der Waals surface area contributed by atoms with E-state index in [-0.39, 0.29) is 53.1 Å². The highest BCUT2D eigenvalue weighted by atomic mass is 32.2. The fourth-order valence-electron chi connectivity index (χ4n) is 6.70. The predicted molar refractivity (Wildman–Crippen MR) is 209 cm³/mol. The zero-order valence-corrected chi connectivity index (χ0v) is 36.4. The Labute approximate surface area is 340 Å². The molecule has 3 aliphatic rings. The second kappa shape index (κ2) is 18.0. The molecular weight excluding hydrogens is 830 g/mol. The number of carbonyl (C=O) groups excluding carboxylic acids is 3. The van der Waals surface area contributed by atoms with Crippen molar-refractivity contribution < 1.29 is 64.1 Å². The van der Waals surface area contributed by atoms with Gasteiger partial charge in [-0.15, -0.1) is 11.8 Å². The Morgan fingerprint density at radius 2 is 1.81 bits per heavy atom. The van der Waals surface area contributed by atoms with Gasteiger partial charge in [0.25, 0.3) is 0 Å². The number of imidazole rings is 1. The lowest BCUT2D eigenvalue weighted by Crippen LogP contribution is -2.63. The number of fused-ring (bicyclic) bond motifs is 2. The summed E-state index contributed by atoms with van der Waals surface area (Å²) in [6.45, 7) is 24.1. The molecule has 2 aromatic rings. The summed E-state index contributed by atoms with van der Waals surface area (Å²) in [4.78, 5) is 44.9. The van der Waals surface area contributed by atoms with Crippen molar-refractivity contribution in [2.45, 2.75) is 101 Å². The van der Waals surface area contributed by atoms with E-state index in [0.717, 1.165) is 22.0 Å². The molecule has 0 saturated carbocycles. The van der Waals surface area contributed by atoms with E-state index in [4.69, 9.17) is 26.9 Å². The van der Waals surface area contributed by atoms with Crippen LogP contribution in [0.15, 0.2) is 53.8 Å². The number of thiazole rings is 1. The highest BCUT2D eigenvalue weighted by molar-refractivity contribution is 8.03. The fourth-order valence-corrected chi connectivity index (χ4v) is 10.2. The number of aliphatic hydroxyl groups excluding tert-OH is 1. The molecule has 0 bridgehead atoms. The van der Waals surface area contributed by atoms with E-state index in [0.29, 0.717) is 26.0 Å². The molecule has 2 fully saturated rings. The molecule has 1 N–H and O–H groups in total. The zero-order valence-electron chi connectivity index (χ0n) is 33.0. The molecule has 14 nitrogen and oxygen atoms in total. The van der Waals surface area contributed by atoms with Crippen LogP contribution in [0, 0.1) is 11.8 Å². The molecule has 0 spiro atoms. The van der Waals surface area contributed by atoms with E-state index in [9.17, 15) is 32.7 Å². The Morgan fingerprint density at radius 3 is 2.37 bits per heavy atom. The molecule has 21 heteroatoms. The molecule has 0 unspecified atom stereocenters. The molecule has 2 saturated heterocycles. The maximum atomic E-state index is 13.3. The molecular formula is C36H51F3N4O10S3Si. The average molecular weight is 881 g/mol. The number of aromatic nitrogens is 2. The van der Waals surface area contributed by atoms with Crippen LogP contribution >= 0.6 is 23.1 Å². The van der Waals surface area contributed by atoms with Gasteiger partial charge in [-0.25, -0.2) is 22.6 Å². The van der Waals surface area contributed by atoms with E-state index >= 15 is 0 Å². The largest absolute Gasteiger partial charge is 0.741 e. The van der Waals surface area contributed by atoms with Crippen LogP contribution in [-0.2, 0) is 46.6 Å². The summed E-state index contributed by atoms with van der Waals surface area (Å²) in [5.41, 5.74) is -4.31. The number of aliphatic hydroxyl groups is 1. The van der Waals surface area contributed by atoms with Gasteiger partial charge in [-0.2, -0.15) is 17.6 Å². The summed E-state index contributed by atoms with van der Waals surface area (Å²) in [6.07, 6.45) is 7.32. The maximum Gasteiger partial charge on any atom is 0.485 e. The smallest absolute Gasteiger partial charge is 0.485 e. The minimum atomic E-state index is -6.09. The average Bonchev–Trinajstić information content (AvgIpc) is 3.84. The number of rotatable bonds is 14. The molecule has 0 aromatic carbocycles. The Bertz CT molecular complexity index is 1980. The number of hydrogen-bond acceptors (Lipinski definition) is 12. The van der Waals surface area contributed by atoms with Gasteiger partial charge >= 0.3 is 17.6 Å². The number of amides is 2. The first kappa shape index (κ1) is 46.5. The molecule has 0 radical (unpaired) electrons. The summed E-state index contributed by atoms with van der Waals surface area (Å²) >= 11 is 3.19. The number of hydrogen-bond donors (Lipinski definition) is 1. The van der Waals surface area contributed by atoms with Crippen molar-refractivity contribution in [2.24, 2.45) is 11.8 Å². The van der Waals surface area contributed by atoms with Gasteiger partial charge in [-0.05, 0) is 31.5 Å². The second-order valence-corrected chi connectivity index (χ2v) is 24.0. The topological polar surface area (TPSA) is 171 Å². The van der Waals surface area contributed by atoms with Crippen LogP contribution < -0.4 is 4.57 Å². The summed E-state index contributed by atoms with van der Waals surface area (Å²) in [5.74, 6) is -1.62. The van der Waals surface area contributed by atoms with E-state index in [1.165, 1.54) is 22.7 Å². The molecule has 6 atom stereocenters. The summed E-state index contributed by atoms with van der Waals surface area (Å²) in [7, 11) is -7.93. The number of halogens is 3. The number of nitrogens with zero attached hydrogens (tertiary/aromatic N) is 4. The van der Waals surface area contributed by atoms with E-state index in [1.54, 1.807) is 29.2 Å². The zero-order chi connectivity index (χ0) is 42.8. The van der Waals surface area contributed by atoms with Gasteiger partial charge in [0.2, 0.25) is 17.1 Å². The lowest BCUT2D eigenvalue weighted by atomic mass is 9.79. The summed E-state index contributed by atoms with van der Waals surface area (Å²) in [5, 5.41) is 12.6. The van der Waals surface area contributed by atoms with Gasteiger partial charge in [-0.1, -0.05) is 64.3 Å². The predicted octanol–water partition coefficient (Wildman–Crippen LogP) is 5.20. The van der Waals surface area contributed by atoms with Crippen LogP contribution in [0.5, 0.6) is 0 Å². The van der Waals surface area contributed by atoms with Gasteiger partial charge in [0, 0.05) is 40.5 Å². The minimum absolute atomic E-state index is 0.0216. The molecule has 5 rings (SSSR count). The first-order valence-electron chi connectivity index (χ1n) is 18.2. The number of carbonyl (C=O) groups is 3. The third-order valence-corrected chi connectivity index (χ3v) is 18.1. The van der Waals surface area contributed by atoms with Crippen molar-refractivity contribution in [3.8, 4) is 0 Å². The first-order valence-corrected chi connectivity index (χ1v) is 24.3. The van der Waals surface area contributed by atoms with Crippen LogP contribution in [0.2, 0.25) is 18.1 Å². The van der Waals surface area contributed by atoms with Crippen LogP contribution in [0.4, 0.5) is 18.0 Å². The van der Waals surface area contributed by atoms with Gasteiger partial charge in [-0.3, -0.25) is 4.79 Å². The molecule has 2 amide bonds. The highest BCUT2D eigenvalue weighted by Crippen LogP contribution is 2.52. The Morgan fingerprint density at radius 1 is 1.19 bits per heavy atom. The summed E-state index contributed by atoms with van der Waals surface area (Å²) < 4.78 is 80.6. The standard InChI is InChI=1S/C35H51N4O7S2Si.CHF3O3S/c1-10-13-44-33(42)30-31(22(3)29-28(23(4)40)32(41)39(29)30)48-26-17-24(37(18-26)34(43)45-14-11-2)16-25-20-47-27-19-36(21-38(25)27)12-15-46-49(8,9)35(5,6)7;2-1(3,4)8(5,6)7/h10-11,19-24,26,28-29,40H,1-2,12-18H2,3-9H3;(H,5,6,7)/q+1;/p-1/t22-,23-,24-,26+,28-,29-;/m1./s1. The SMILES string of the molecule is C=CCOC(=O)C1=C(S[C@H]2C[C@@H](Cc3csc4c[n+](CCO[Si](C)(C)C(C)(C)C)cn34)N(C(=O)OCC=C)C2)[C@H](C)[C@@H]2[C@@H]([C@@H](C)O)C(=O)N12.O=S(=O)([O-])C(F)(F)F. The number of β-lactam (4-membered cyclic amide) rings is 1. The van der Waals surface area contributed by atoms with E-state index in [2.05, 4.69) is 73.9 Å². The third-order valence-electron chi connectivity index (χ3n) is 10.6. The quantitative estimate of drug-likeness (QED) is 0.0503. The monoisotopic (exact) mass is 880 g/mol. The molecule has 2 aromatic heterocycles. The third kappa shape index (κ3) is 10.3. The molecule has 318 valence electrons. The lowest BCUT2D eigenvalue weighted by Gasteiger charge is -2.46. The molecule has 0 aliphatic carbocycles. The molecule has 3 aliphatic heterocycles. The molecule has 5 heterocycles. The van der Waals surface area contributed by atoms with Crippen molar-refractivity contribution in [2.75, 3.05) is 26.4 Å². The Hall–Kier alpha value is -3.21. The van der Waals surface area contributed by atoms with Gasteiger partial charge in [0.1, 0.15) is 37.3 Å². The van der Waals surface area contributed by atoms with Crippen LogP contribution in [0.1, 0.15) is 46.7 Å². The van der Waals surface area contributed by atoms with Crippen molar-refractivity contribution in [3.63, 3.8) is 0 Å². The van der Waals surface area contributed by atoms with Crippen molar-refractivity contribution in [1.29, 1.82) is 0 Å². The van der Waals surface area contributed by atoms with Crippen LogP contribution in [-0.4, -0.2) is 114 Å².